The van der Waals surface area contributed by atoms with E-state index in [0.717, 1.165) is 32.5 Å². The topological polar surface area (TPSA) is 41.9 Å². The lowest BCUT2D eigenvalue weighted by Gasteiger charge is -2.34. The number of aliphatic hydroxyl groups is 1. The van der Waals surface area contributed by atoms with E-state index in [9.17, 15) is 5.11 Å². The maximum Gasteiger partial charge on any atom is 0.158 e. The molecular weight excluding hydrogens is 218 g/mol. The van der Waals surface area contributed by atoms with Gasteiger partial charge in [0.2, 0.25) is 0 Å². The molecule has 102 valence electrons. The van der Waals surface area contributed by atoms with Crippen LogP contribution in [0.15, 0.2) is 0 Å². The van der Waals surface area contributed by atoms with Crippen molar-refractivity contribution in [3.63, 3.8) is 0 Å². The average Bonchev–Trinajstić information content (AvgIpc) is 2.31. The third-order valence-corrected chi connectivity index (χ3v) is 3.39. The molecule has 1 aliphatic heterocycles. The SMILES string of the molecule is CCOC(CCN1CCC(C)C(O)C1)OCC. The lowest BCUT2D eigenvalue weighted by molar-refractivity contribution is -0.143. The predicted molar refractivity (Wildman–Crippen MR) is 67.9 cm³/mol. The second-order valence-corrected chi connectivity index (χ2v) is 4.76. The summed E-state index contributed by atoms with van der Waals surface area (Å²) in [6.45, 7) is 10.3. The minimum Gasteiger partial charge on any atom is -0.392 e. The molecule has 2 atom stereocenters. The fourth-order valence-electron chi connectivity index (χ4n) is 2.19. The zero-order chi connectivity index (χ0) is 12.7. The minimum absolute atomic E-state index is 0.0958. The molecule has 0 aromatic heterocycles. The molecule has 4 heteroatoms. The Morgan fingerprint density at radius 1 is 1.29 bits per heavy atom. The highest BCUT2D eigenvalue weighted by Gasteiger charge is 2.24. The van der Waals surface area contributed by atoms with Gasteiger partial charge < -0.3 is 19.5 Å². The Kier molecular flexibility index (Phi) is 7.04. The van der Waals surface area contributed by atoms with Gasteiger partial charge in [0.15, 0.2) is 6.29 Å². The summed E-state index contributed by atoms with van der Waals surface area (Å²) in [5.74, 6) is 0.431. The maximum absolute atomic E-state index is 9.82. The molecule has 0 spiro atoms. The Bertz CT molecular complexity index is 195. The zero-order valence-corrected chi connectivity index (χ0v) is 11.4. The summed E-state index contributed by atoms with van der Waals surface area (Å²) < 4.78 is 11.0. The Morgan fingerprint density at radius 2 is 1.94 bits per heavy atom. The maximum atomic E-state index is 9.82. The molecule has 0 saturated carbocycles. The summed E-state index contributed by atoms with van der Waals surface area (Å²) in [4.78, 5) is 2.30. The number of β-amino-alcohol motifs (C(OH)–C–C–N with tert-alkyl or cyclic N) is 1. The van der Waals surface area contributed by atoms with E-state index in [1.807, 2.05) is 13.8 Å². The molecule has 0 aliphatic carbocycles. The van der Waals surface area contributed by atoms with Crippen LogP contribution in [0.3, 0.4) is 0 Å². The van der Waals surface area contributed by atoms with E-state index in [4.69, 9.17) is 9.47 Å². The third kappa shape index (κ3) is 5.34. The highest BCUT2D eigenvalue weighted by molar-refractivity contribution is 4.77. The van der Waals surface area contributed by atoms with Crippen LogP contribution in [0.2, 0.25) is 0 Å². The van der Waals surface area contributed by atoms with Crippen molar-refractivity contribution in [2.24, 2.45) is 5.92 Å². The number of ether oxygens (including phenoxy) is 2. The quantitative estimate of drug-likeness (QED) is 0.690. The number of hydrogen-bond donors (Lipinski definition) is 1. The molecule has 0 radical (unpaired) electrons. The van der Waals surface area contributed by atoms with Crippen molar-refractivity contribution in [1.29, 1.82) is 0 Å². The van der Waals surface area contributed by atoms with Crippen LogP contribution in [0.1, 0.15) is 33.6 Å². The van der Waals surface area contributed by atoms with E-state index in [-0.39, 0.29) is 12.4 Å². The van der Waals surface area contributed by atoms with E-state index in [2.05, 4.69) is 11.8 Å². The standard InChI is InChI=1S/C13H27NO3/c1-4-16-13(17-5-2)7-9-14-8-6-11(3)12(15)10-14/h11-13,15H,4-10H2,1-3H3. The van der Waals surface area contributed by atoms with E-state index in [1.54, 1.807) is 0 Å². The zero-order valence-electron chi connectivity index (χ0n) is 11.4. The number of likely N-dealkylation sites (tertiary alicyclic amines) is 1. The van der Waals surface area contributed by atoms with Crippen LogP contribution in [-0.4, -0.2) is 55.2 Å². The molecule has 17 heavy (non-hydrogen) atoms. The normalized spacial score (nSPS) is 26.6. The molecule has 1 heterocycles. The summed E-state index contributed by atoms with van der Waals surface area (Å²) >= 11 is 0. The van der Waals surface area contributed by atoms with E-state index >= 15 is 0 Å². The third-order valence-electron chi connectivity index (χ3n) is 3.39. The first-order valence-electron chi connectivity index (χ1n) is 6.81. The molecule has 4 nitrogen and oxygen atoms in total. The van der Waals surface area contributed by atoms with E-state index in [0.29, 0.717) is 19.1 Å². The van der Waals surface area contributed by atoms with E-state index < -0.39 is 0 Å². The Balaban J connectivity index is 2.24. The van der Waals surface area contributed by atoms with Crippen molar-refractivity contribution in [2.75, 3.05) is 32.8 Å². The Hall–Kier alpha value is -0.160. The van der Waals surface area contributed by atoms with Crippen LogP contribution in [0.4, 0.5) is 0 Å². The van der Waals surface area contributed by atoms with Crippen LogP contribution >= 0.6 is 0 Å². The molecule has 1 aliphatic rings. The minimum atomic E-state index is -0.179. The lowest BCUT2D eigenvalue weighted by atomic mass is 9.96. The van der Waals surface area contributed by atoms with Gasteiger partial charge in [-0.05, 0) is 32.7 Å². The van der Waals surface area contributed by atoms with Crippen molar-refractivity contribution in [3.05, 3.63) is 0 Å². The van der Waals surface area contributed by atoms with Crippen LogP contribution in [0.25, 0.3) is 0 Å². The van der Waals surface area contributed by atoms with Gasteiger partial charge in [0.05, 0.1) is 6.10 Å². The second-order valence-electron chi connectivity index (χ2n) is 4.76. The van der Waals surface area contributed by atoms with Gasteiger partial charge in [-0.2, -0.15) is 0 Å². The summed E-state index contributed by atoms with van der Waals surface area (Å²) in [7, 11) is 0. The lowest BCUT2D eigenvalue weighted by Crippen LogP contribution is -2.44. The molecule has 1 rings (SSSR count). The highest BCUT2D eigenvalue weighted by atomic mass is 16.7. The fourth-order valence-corrected chi connectivity index (χ4v) is 2.19. The first kappa shape index (κ1) is 14.9. The van der Waals surface area contributed by atoms with Gasteiger partial charge in [-0.25, -0.2) is 0 Å². The monoisotopic (exact) mass is 245 g/mol. The fraction of sp³-hybridized carbons (Fsp3) is 1.00. The van der Waals surface area contributed by atoms with Gasteiger partial charge in [-0.3, -0.25) is 0 Å². The van der Waals surface area contributed by atoms with Gasteiger partial charge in [0, 0.05) is 32.7 Å². The number of hydrogen-bond acceptors (Lipinski definition) is 4. The van der Waals surface area contributed by atoms with Crippen LogP contribution in [0.5, 0.6) is 0 Å². The molecule has 0 bridgehead atoms. The largest absolute Gasteiger partial charge is 0.392 e. The van der Waals surface area contributed by atoms with Gasteiger partial charge in [0.1, 0.15) is 0 Å². The van der Waals surface area contributed by atoms with Crippen molar-refractivity contribution in [1.82, 2.24) is 4.90 Å². The number of rotatable bonds is 7. The predicted octanol–water partition coefficient (Wildman–Crippen LogP) is 1.48. The van der Waals surface area contributed by atoms with Crippen LogP contribution in [0, 0.1) is 5.92 Å². The van der Waals surface area contributed by atoms with Gasteiger partial charge >= 0.3 is 0 Å². The van der Waals surface area contributed by atoms with Gasteiger partial charge in [-0.1, -0.05) is 6.92 Å². The second kappa shape index (κ2) is 8.03. The van der Waals surface area contributed by atoms with Crippen molar-refractivity contribution in [2.45, 2.75) is 46.0 Å². The van der Waals surface area contributed by atoms with Gasteiger partial charge in [0.25, 0.3) is 0 Å². The van der Waals surface area contributed by atoms with Crippen LogP contribution < -0.4 is 0 Å². The smallest absolute Gasteiger partial charge is 0.158 e. The molecule has 2 unspecified atom stereocenters. The molecule has 0 aromatic carbocycles. The summed E-state index contributed by atoms with van der Waals surface area (Å²) in [6, 6.07) is 0. The number of nitrogens with zero attached hydrogens (tertiary/aromatic N) is 1. The number of piperidine rings is 1. The van der Waals surface area contributed by atoms with Crippen LogP contribution in [-0.2, 0) is 9.47 Å². The van der Waals surface area contributed by atoms with E-state index in [1.165, 1.54) is 0 Å². The Labute approximate surface area is 105 Å². The molecular formula is C13H27NO3. The molecule has 1 fully saturated rings. The summed E-state index contributed by atoms with van der Waals surface area (Å²) in [6.07, 6.45) is 1.68. The first-order valence-corrected chi connectivity index (χ1v) is 6.81. The summed E-state index contributed by atoms with van der Waals surface area (Å²) in [5, 5.41) is 9.82. The van der Waals surface area contributed by atoms with Crippen molar-refractivity contribution < 1.29 is 14.6 Å². The molecule has 1 saturated heterocycles. The Morgan fingerprint density at radius 3 is 2.47 bits per heavy atom. The van der Waals surface area contributed by atoms with Gasteiger partial charge in [-0.15, -0.1) is 0 Å². The summed E-state index contributed by atoms with van der Waals surface area (Å²) in [5.41, 5.74) is 0. The molecule has 0 amide bonds. The highest BCUT2D eigenvalue weighted by Crippen LogP contribution is 2.17. The molecule has 0 aromatic rings. The van der Waals surface area contributed by atoms with Crippen molar-refractivity contribution in [3.8, 4) is 0 Å². The molecule has 1 N–H and O–H groups in total. The first-order chi connectivity index (χ1) is 8.17. The number of aliphatic hydroxyl groups excluding tert-OH is 1. The average molecular weight is 245 g/mol. The van der Waals surface area contributed by atoms with Crippen molar-refractivity contribution >= 4 is 0 Å².